The second kappa shape index (κ2) is 4.01. The Kier molecular flexibility index (Phi) is 3.18. The van der Waals surface area contributed by atoms with E-state index in [2.05, 4.69) is 10.6 Å². The molecule has 0 aliphatic carbocycles. The molecule has 0 spiro atoms. The smallest absolute Gasteiger partial charge is 0.319 e. The number of urea groups is 1. The van der Waals surface area contributed by atoms with E-state index in [0.29, 0.717) is 0 Å². The summed E-state index contributed by atoms with van der Waals surface area (Å²) in [4.78, 5) is 36.2. The molecule has 0 bridgehead atoms. The van der Waals surface area contributed by atoms with E-state index in [9.17, 15) is 14.4 Å². The van der Waals surface area contributed by atoms with Gasteiger partial charge in [-0.15, -0.1) is 0 Å². The molecular weight excluding hydrogens is 222 g/mol. The van der Waals surface area contributed by atoms with E-state index in [-0.39, 0.29) is 6.54 Å². The van der Waals surface area contributed by atoms with Gasteiger partial charge in [0.25, 0.3) is 5.91 Å². The first-order valence-electron chi connectivity index (χ1n) is 5.48. The van der Waals surface area contributed by atoms with Crippen LogP contribution in [0, 0.1) is 0 Å². The van der Waals surface area contributed by atoms with E-state index in [4.69, 9.17) is 0 Å². The third kappa shape index (κ3) is 2.95. The van der Waals surface area contributed by atoms with Gasteiger partial charge in [0.2, 0.25) is 5.91 Å². The Morgan fingerprint density at radius 2 is 1.88 bits per heavy atom. The molecule has 0 unspecified atom stereocenters. The van der Waals surface area contributed by atoms with Gasteiger partial charge in [-0.3, -0.25) is 14.9 Å². The monoisotopic (exact) mass is 241 g/mol. The van der Waals surface area contributed by atoms with E-state index in [1.54, 1.807) is 13.8 Å². The van der Waals surface area contributed by atoms with E-state index in [1.165, 1.54) is 4.90 Å². The molecule has 1 fully saturated rings. The highest BCUT2D eigenvalue weighted by atomic mass is 16.2. The minimum Gasteiger partial charge on any atom is -0.333 e. The number of imide groups is 1. The minimum absolute atomic E-state index is 0.110. The third-order valence-electron chi connectivity index (χ3n) is 2.51. The summed E-state index contributed by atoms with van der Waals surface area (Å²) in [7, 11) is 0. The lowest BCUT2D eigenvalue weighted by atomic mass is 9.99. The summed E-state index contributed by atoms with van der Waals surface area (Å²) < 4.78 is 0. The van der Waals surface area contributed by atoms with Crippen molar-refractivity contribution < 1.29 is 14.4 Å². The van der Waals surface area contributed by atoms with Gasteiger partial charge in [0.05, 0.1) is 0 Å². The van der Waals surface area contributed by atoms with Crippen LogP contribution in [0.4, 0.5) is 4.79 Å². The number of amides is 4. The lowest BCUT2D eigenvalue weighted by Gasteiger charge is -2.41. The van der Waals surface area contributed by atoms with Gasteiger partial charge in [0.1, 0.15) is 12.1 Å². The number of nitrogens with zero attached hydrogens (tertiary/aromatic N) is 1. The SMILES string of the molecule is CC(C)(C)NC(=O)N1CC(=O)NC(=O)C1(C)C. The second-order valence-corrected chi connectivity index (χ2v) is 5.70. The van der Waals surface area contributed by atoms with Crippen molar-refractivity contribution in [3.05, 3.63) is 0 Å². The maximum absolute atomic E-state index is 12.0. The van der Waals surface area contributed by atoms with Crippen LogP contribution in [0.5, 0.6) is 0 Å². The van der Waals surface area contributed by atoms with E-state index >= 15 is 0 Å². The molecule has 6 nitrogen and oxygen atoms in total. The summed E-state index contributed by atoms with van der Waals surface area (Å²) in [5.41, 5.74) is -1.44. The highest BCUT2D eigenvalue weighted by Crippen LogP contribution is 2.18. The van der Waals surface area contributed by atoms with Gasteiger partial charge in [0.15, 0.2) is 0 Å². The molecule has 1 saturated heterocycles. The van der Waals surface area contributed by atoms with Gasteiger partial charge < -0.3 is 10.2 Å². The Labute approximate surface area is 101 Å². The molecule has 0 atom stereocenters. The maximum atomic E-state index is 12.0. The zero-order valence-electron chi connectivity index (χ0n) is 10.9. The van der Waals surface area contributed by atoms with Crippen LogP contribution in [0.3, 0.4) is 0 Å². The number of hydrogen-bond donors (Lipinski definition) is 2. The third-order valence-corrected chi connectivity index (χ3v) is 2.51. The van der Waals surface area contributed by atoms with Crippen molar-refractivity contribution in [2.24, 2.45) is 0 Å². The number of piperazine rings is 1. The fourth-order valence-electron chi connectivity index (χ4n) is 1.50. The van der Waals surface area contributed by atoms with E-state index < -0.39 is 28.9 Å². The molecular formula is C11H19N3O3. The van der Waals surface area contributed by atoms with Gasteiger partial charge in [-0.1, -0.05) is 0 Å². The molecule has 0 radical (unpaired) electrons. The lowest BCUT2D eigenvalue weighted by molar-refractivity contribution is -0.142. The van der Waals surface area contributed by atoms with Gasteiger partial charge in [-0.05, 0) is 34.6 Å². The Balaban J connectivity index is 2.90. The van der Waals surface area contributed by atoms with E-state index in [0.717, 1.165) is 0 Å². The maximum Gasteiger partial charge on any atom is 0.319 e. The van der Waals surface area contributed by atoms with Crippen LogP contribution in [-0.4, -0.2) is 40.4 Å². The van der Waals surface area contributed by atoms with Crippen molar-refractivity contribution in [3.8, 4) is 0 Å². The Hall–Kier alpha value is -1.59. The van der Waals surface area contributed by atoms with Crippen molar-refractivity contribution in [2.45, 2.75) is 45.7 Å². The summed E-state index contributed by atoms with van der Waals surface area (Å²) in [6.45, 7) is 8.62. The quantitative estimate of drug-likeness (QED) is 0.596. The summed E-state index contributed by atoms with van der Waals surface area (Å²) >= 11 is 0. The molecule has 0 aromatic rings. The number of carbonyl (C=O) groups excluding carboxylic acids is 3. The largest absolute Gasteiger partial charge is 0.333 e. The van der Waals surface area contributed by atoms with Crippen LogP contribution < -0.4 is 10.6 Å². The Bertz CT molecular complexity index is 369. The molecule has 1 heterocycles. The molecule has 17 heavy (non-hydrogen) atoms. The fourth-order valence-corrected chi connectivity index (χ4v) is 1.50. The first kappa shape index (κ1) is 13.5. The van der Waals surface area contributed by atoms with E-state index in [1.807, 2.05) is 20.8 Å². The van der Waals surface area contributed by atoms with Gasteiger partial charge >= 0.3 is 6.03 Å². The molecule has 1 rings (SSSR count). The molecule has 0 aromatic carbocycles. The van der Waals surface area contributed by atoms with Crippen molar-refractivity contribution in [1.29, 1.82) is 0 Å². The minimum atomic E-state index is -1.02. The van der Waals surface area contributed by atoms with Crippen LogP contribution in [0.15, 0.2) is 0 Å². The summed E-state index contributed by atoms with van der Waals surface area (Å²) in [5.74, 6) is -0.920. The first-order valence-corrected chi connectivity index (χ1v) is 5.48. The van der Waals surface area contributed by atoms with Crippen LogP contribution >= 0.6 is 0 Å². The average molecular weight is 241 g/mol. The molecule has 1 aliphatic heterocycles. The van der Waals surface area contributed by atoms with Crippen LogP contribution in [-0.2, 0) is 9.59 Å². The predicted octanol–water partition coefficient (Wildman–Crippen LogP) is 0.231. The van der Waals surface area contributed by atoms with Gasteiger partial charge in [-0.25, -0.2) is 4.79 Å². The number of hydrogen-bond acceptors (Lipinski definition) is 3. The molecule has 0 aromatic heterocycles. The summed E-state index contributed by atoms with van der Waals surface area (Å²) in [5, 5.41) is 4.96. The van der Waals surface area contributed by atoms with Crippen molar-refractivity contribution >= 4 is 17.8 Å². The predicted molar refractivity (Wildman–Crippen MR) is 62.2 cm³/mol. The van der Waals surface area contributed by atoms with Crippen molar-refractivity contribution in [1.82, 2.24) is 15.5 Å². The van der Waals surface area contributed by atoms with Gasteiger partial charge in [-0.2, -0.15) is 0 Å². The van der Waals surface area contributed by atoms with Crippen LogP contribution in [0.2, 0.25) is 0 Å². The Morgan fingerprint density at radius 3 is 2.35 bits per heavy atom. The molecule has 6 heteroatoms. The average Bonchev–Trinajstić information content (AvgIpc) is 2.08. The Morgan fingerprint density at radius 1 is 1.35 bits per heavy atom. The topological polar surface area (TPSA) is 78.5 Å². The zero-order valence-corrected chi connectivity index (χ0v) is 10.9. The summed E-state index contributed by atoms with van der Waals surface area (Å²) in [6, 6.07) is -0.411. The van der Waals surface area contributed by atoms with Crippen molar-refractivity contribution in [2.75, 3.05) is 6.54 Å². The second-order valence-electron chi connectivity index (χ2n) is 5.70. The lowest BCUT2D eigenvalue weighted by Crippen LogP contribution is -2.68. The number of carbonyl (C=O) groups is 3. The molecule has 4 amide bonds. The highest BCUT2D eigenvalue weighted by molar-refractivity contribution is 6.06. The molecule has 1 aliphatic rings. The first-order chi connectivity index (χ1) is 7.54. The van der Waals surface area contributed by atoms with Crippen molar-refractivity contribution in [3.63, 3.8) is 0 Å². The van der Waals surface area contributed by atoms with Gasteiger partial charge in [0, 0.05) is 5.54 Å². The molecule has 96 valence electrons. The molecule has 0 saturated carbocycles. The standard InChI is InChI=1S/C11H19N3O3/c1-10(2,3)13-9(17)14-6-7(15)12-8(16)11(14,4)5/h6H2,1-5H3,(H,13,17)(H,12,15,16). The normalized spacial score (nSPS) is 19.9. The highest BCUT2D eigenvalue weighted by Gasteiger charge is 2.44. The van der Waals surface area contributed by atoms with Crippen LogP contribution in [0.1, 0.15) is 34.6 Å². The van der Waals surface area contributed by atoms with Crippen LogP contribution in [0.25, 0.3) is 0 Å². The summed E-state index contributed by atoms with van der Waals surface area (Å²) in [6.07, 6.45) is 0. The number of nitrogens with one attached hydrogen (secondary N) is 2. The molecule has 2 N–H and O–H groups in total. The zero-order chi connectivity index (χ0) is 13.4. The fraction of sp³-hybridized carbons (Fsp3) is 0.727. The number of rotatable bonds is 0.